The molecule has 20 heavy (non-hydrogen) atoms. The number of carbonyl (C=O) groups is 3. The Morgan fingerprint density at radius 2 is 1.50 bits per heavy atom. The molecule has 1 aromatic carbocycles. The van der Waals surface area contributed by atoms with Crippen LogP contribution in [0.3, 0.4) is 0 Å². The van der Waals surface area contributed by atoms with Gasteiger partial charge in [0, 0.05) is 5.56 Å². The van der Waals surface area contributed by atoms with E-state index in [-0.39, 0.29) is 29.4 Å². The number of amides is 2. The highest BCUT2D eigenvalue weighted by atomic mass is 16.2. The summed E-state index contributed by atoms with van der Waals surface area (Å²) < 4.78 is 0. The molecule has 0 radical (unpaired) electrons. The number of rotatable bonds is 2. The summed E-state index contributed by atoms with van der Waals surface area (Å²) in [4.78, 5) is 37.4. The van der Waals surface area contributed by atoms with E-state index in [1.54, 1.807) is 24.3 Å². The minimum Gasteiger partial charge on any atom is -0.295 e. The van der Waals surface area contributed by atoms with E-state index in [1.807, 2.05) is 0 Å². The van der Waals surface area contributed by atoms with Gasteiger partial charge in [-0.25, -0.2) is 0 Å². The minimum atomic E-state index is -0.135. The van der Waals surface area contributed by atoms with Crippen LogP contribution >= 0.6 is 0 Å². The summed E-state index contributed by atoms with van der Waals surface area (Å²) in [5.41, 5.74) is 1.17. The molecule has 2 aliphatic rings. The van der Waals surface area contributed by atoms with Crippen LogP contribution in [0.2, 0.25) is 0 Å². The molecule has 1 aliphatic carbocycles. The molecular formula is C16H17NO3. The van der Waals surface area contributed by atoms with Crippen LogP contribution in [-0.4, -0.2) is 17.6 Å². The summed E-state index contributed by atoms with van der Waals surface area (Å²) in [5.74, 6) is -0.442. The molecule has 4 heteroatoms. The molecule has 0 spiro atoms. The van der Waals surface area contributed by atoms with Gasteiger partial charge in [0.25, 0.3) is 0 Å². The van der Waals surface area contributed by atoms with E-state index >= 15 is 0 Å². The van der Waals surface area contributed by atoms with Gasteiger partial charge in [0.05, 0.1) is 17.5 Å². The summed E-state index contributed by atoms with van der Waals surface area (Å²) in [6, 6.07) is 6.70. The van der Waals surface area contributed by atoms with Gasteiger partial charge in [0.15, 0.2) is 5.78 Å². The molecular weight excluding hydrogens is 254 g/mol. The maximum absolute atomic E-state index is 12.4. The molecule has 1 aliphatic heterocycles. The highest BCUT2D eigenvalue weighted by Gasteiger charge is 2.48. The normalized spacial score (nSPS) is 25.8. The summed E-state index contributed by atoms with van der Waals surface area (Å²) in [6.45, 7) is 1.50. The minimum absolute atomic E-state index is 0.0238. The molecule has 1 aromatic rings. The molecule has 0 unspecified atom stereocenters. The first-order chi connectivity index (χ1) is 9.59. The molecule has 4 nitrogen and oxygen atoms in total. The Morgan fingerprint density at radius 3 is 1.95 bits per heavy atom. The third-order valence-electron chi connectivity index (χ3n) is 4.37. The van der Waals surface area contributed by atoms with Crippen molar-refractivity contribution in [1.29, 1.82) is 0 Å². The topological polar surface area (TPSA) is 54.5 Å². The maximum atomic E-state index is 12.4. The molecule has 2 atom stereocenters. The lowest BCUT2D eigenvalue weighted by molar-refractivity contribution is -0.122. The number of imide groups is 1. The fourth-order valence-corrected chi connectivity index (χ4v) is 3.26. The number of hydrogen-bond acceptors (Lipinski definition) is 3. The van der Waals surface area contributed by atoms with Crippen molar-refractivity contribution >= 4 is 23.3 Å². The first-order valence-corrected chi connectivity index (χ1v) is 7.08. The number of nitrogens with zero attached hydrogens (tertiary/aromatic N) is 1. The van der Waals surface area contributed by atoms with E-state index in [2.05, 4.69) is 0 Å². The quantitative estimate of drug-likeness (QED) is 0.613. The Balaban J connectivity index is 1.91. The van der Waals surface area contributed by atoms with Gasteiger partial charge in [-0.15, -0.1) is 0 Å². The second-order valence-corrected chi connectivity index (χ2v) is 5.61. The number of hydrogen-bond donors (Lipinski definition) is 0. The number of carbonyl (C=O) groups excluding carboxylic acids is 3. The molecule has 2 amide bonds. The molecule has 0 bridgehead atoms. The summed E-state index contributed by atoms with van der Waals surface area (Å²) in [7, 11) is 0. The average Bonchev–Trinajstić information content (AvgIpc) is 2.72. The van der Waals surface area contributed by atoms with E-state index in [4.69, 9.17) is 0 Å². The van der Waals surface area contributed by atoms with Crippen molar-refractivity contribution in [2.75, 3.05) is 4.90 Å². The Labute approximate surface area is 117 Å². The van der Waals surface area contributed by atoms with Gasteiger partial charge in [0.2, 0.25) is 11.8 Å². The number of fused-ring (bicyclic) bond motifs is 1. The lowest BCUT2D eigenvalue weighted by Crippen LogP contribution is -2.30. The molecule has 0 N–H and O–H groups in total. The van der Waals surface area contributed by atoms with Crippen LogP contribution in [-0.2, 0) is 9.59 Å². The second-order valence-electron chi connectivity index (χ2n) is 5.61. The van der Waals surface area contributed by atoms with Crippen LogP contribution in [0.1, 0.15) is 43.0 Å². The zero-order chi connectivity index (χ0) is 14.3. The highest BCUT2D eigenvalue weighted by molar-refractivity contribution is 6.22. The Hall–Kier alpha value is -1.97. The van der Waals surface area contributed by atoms with Crippen molar-refractivity contribution < 1.29 is 14.4 Å². The third-order valence-corrected chi connectivity index (χ3v) is 4.37. The van der Waals surface area contributed by atoms with Crippen molar-refractivity contribution in [1.82, 2.24) is 0 Å². The van der Waals surface area contributed by atoms with E-state index < -0.39 is 0 Å². The standard InChI is InChI=1S/C16H17NO3/c1-10(18)11-6-8-12(9-7-11)17-15(19)13-4-2-3-5-14(13)16(17)20/h6-9,13-14H,2-5H2,1H3/t13-,14-/m0/s1. The van der Waals surface area contributed by atoms with E-state index in [1.165, 1.54) is 11.8 Å². The monoisotopic (exact) mass is 271 g/mol. The fraction of sp³-hybridized carbons (Fsp3) is 0.438. The van der Waals surface area contributed by atoms with Crippen LogP contribution in [0.25, 0.3) is 0 Å². The maximum Gasteiger partial charge on any atom is 0.237 e. The zero-order valence-electron chi connectivity index (χ0n) is 11.5. The zero-order valence-corrected chi connectivity index (χ0v) is 11.5. The van der Waals surface area contributed by atoms with Gasteiger partial charge >= 0.3 is 0 Å². The van der Waals surface area contributed by atoms with Crippen molar-refractivity contribution in [2.45, 2.75) is 32.6 Å². The van der Waals surface area contributed by atoms with Gasteiger partial charge in [0.1, 0.15) is 0 Å². The Morgan fingerprint density at radius 1 is 1.00 bits per heavy atom. The second kappa shape index (κ2) is 4.85. The predicted molar refractivity (Wildman–Crippen MR) is 74.4 cm³/mol. The molecule has 104 valence electrons. The van der Waals surface area contributed by atoms with Crippen molar-refractivity contribution in [3.63, 3.8) is 0 Å². The van der Waals surface area contributed by atoms with Crippen molar-refractivity contribution in [2.24, 2.45) is 11.8 Å². The molecule has 1 heterocycles. The number of anilines is 1. The number of ketones is 1. The van der Waals surface area contributed by atoms with Gasteiger partial charge in [-0.2, -0.15) is 0 Å². The average molecular weight is 271 g/mol. The molecule has 2 fully saturated rings. The largest absolute Gasteiger partial charge is 0.295 e. The van der Waals surface area contributed by atoms with Crippen LogP contribution < -0.4 is 4.90 Å². The third kappa shape index (κ3) is 1.96. The SMILES string of the molecule is CC(=O)c1ccc(N2C(=O)[C@H]3CCCC[C@@H]3C2=O)cc1. The molecule has 1 saturated heterocycles. The Bertz CT molecular complexity index is 552. The lowest BCUT2D eigenvalue weighted by atomic mass is 9.81. The summed E-state index contributed by atoms with van der Waals surface area (Å²) in [6.07, 6.45) is 3.68. The van der Waals surface area contributed by atoms with E-state index in [0.29, 0.717) is 11.3 Å². The molecule has 3 rings (SSSR count). The van der Waals surface area contributed by atoms with Crippen LogP contribution in [0.4, 0.5) is 5.69 Å². The van der Waals surface area contributed by atoms with Crippen molar-refractivity contribution in [3.8, 4) is 0 Å². The number of benzene rings is 1. The highest BCUT2D eigenvalue weighted by Crippen LogP contribution is 2.39. The van der Waals surface area contributed by atoms with E-state index in [0.717, 1.165) is 25.7 Å². The fourth-order valence-electron chi connectivity index (χ4n) is 3.26. The van der Waals surface area contributed by atoms with Gasteiger partial charge in [-0.3, -0.25) is 19.3 Å². The lowest BCUT2D eigenvalue weighted by Gasteiger charge is -2.19. The van der Waals surface area contributed by atoms with E-state index in [9.17, 15) is 14.4 Å². The van der Waals surface area contributed by atoms with Crippen LogP contribution in [0.15, 0.2) is 24.3 Å². The van der Waals surface area contributed by atoms with Crippen molar-refractivity contribution in [3.05, 3.63) is 29.8 Å². The first kappa shape index (κ1) is 13.0. The summed E-state index contributed by atoms with van der Waals surface area (Å²) >= 11 is 0. The van der Waals surface area contributed by atoms with Gasteiger partial charge < -0.3 is 0 Å². The Kier molecular flexibility index (Phi) is 3.16. The number of Topliss-reactive ketones (excluding diaryl/α,β-unsaturated/α-hetero) is 1. The molecule has 0 aromatic heterocycles. The van der Waals surface area contributed by atoms with Gasteiger partial charge in [-0.05, 0) is 44.0 Å². The summed E-state index contributed by atoms with van der Waals surface area (Å²) in [5, 5.41) is 0. The van der Waals surface area contributed by atoms with Crippen LogP contribution in [0.5, 0.6) is 0 Å². The molecule has 1 saturated carbocycles. The smallest absolute Gasteiger partial charge is 0.237 e. The van der Waals surface area contributed by atoms with Gasteiger partial charge in [-0.1, -0.05) is 12.8 Å². The first-order valence-electron chi connectivity index (χ1n) is 7.08. The predicted octanol–water partition coefficient (Wildman–Crippen LogP) is 2.57. The van der Waals surface area contributed by atoms with Crippen LogP contribution in [0, 0.1) is 11.8 Å².